The third-order valence-corrected chi connectivity index (χ3v) is 2.32. The Morgan fingerprint density at radius 2 is 2.45 bits per heavy atom. The van der Waals surface area contributed by atoms with E-state index in [1.807, 2.05) is 6.26 Å². The first-order valence-electron chi connectivity index (χ1n) is 3.06. The molecule has 0 rings (SSSR count). The summed E-state index contributed by atoms with van der Waals surface area (Å²) >= 11 is 2.26. The van der Waals surface area contributed by atoms with Gasteiger partial charge in [0.2, 0.25) is 5.12 Å². The van der Waals surface area contributed by atoms with E-state index in [2.05, 4.69) is 0 Å². The number of rotatable bonds is 5. The third-order valence-electron chi connectivity index (χ3n) is 1.08. The maximum absolute atomic E-state index is 10.9. The molecule has 66 valence electrons. The molecule has 0 saturated carbocycles. The number of carbonyl (C=O) groups excluding carboxylic acids is 1. The molecule has 0 aliphatic heterocycles. The van der Waals surface area contributed by atoms with Crippen LogP contribution in [0.15, 0.2) is 0 Å². The van der Waals surface area contributed by atoms with Crippen LogP contribution in [0.25, 0.3) is 0 Å². The molecule has 1 atom stereocenters. The third kappa shape index (κ3) is 5.51. The largest absolute Gasteiger partial charge is 0.321 e. The Balaban J connectivity index is 3.46. The molecule has 0 aromatic rings. The number of thioether (sulfide) groups is 1. The molecule has 0 heterocycles. The van der Waals surface area contributed by atoms with E-state index in [4.69, 9.17) is 10.9 Å². The highest BCUT2D eigenvalue weighted by atomic mass is 32.2. The van der Waals surface area contributed by atoms with Gasteiger partial charge in [0.15, 0.2) is 0 Å². The molecule has 0 bridgehead atoms. The van der Waals surface area contributed by atoms with Gasteiger partial charge >= 0.3 is 0 Å². The maximum atomic E-state index is 10.9. The van der Waals surface area contributed by atoms with Crippen LogP contribution in [0.2, 0.25) is 0 Å². The summed E-state index contributed by atoms with van der Waals surface area (Å²) in [6.45, 7) is 0. The molecular formula is C5H12N2O2S2. The van der Waals surface area contributed by atoms with E-state index >= 15 is 0 Å². The lowest BCUT2D eigenvalue weighted by molar-refractivity contribution is -0.112. The first kappa shape index (κ1) is 11.2. The van der Waals surface area contributed by atoms with Crippen molar-refractivity contribution in [1.82, 2.24) is 4.89 Å². The lowest BCUT2D eigenvalue weighted by atomic mass is 10.3. The van der Waals surface area contributed by atoms with Gasteiger partial charge in [-0.3, -0.25) is 4.79 Å². The number of nitrogens with one attached hydrogen (secondary N) is 1. The summed E-state index contributed by atoms with van der Waals surface area (Å²) in [5, 5.41) is 7.91. The second-order valence-electron chi connectivity index (χ2n) is 1.90. The fourth-order valence-electron chi connectivity index (χ4n) is 0.483. The van der Waals surface area contributed by atoms with Gasteiger partial charge in [0.1, 0.15) is 0 Å². The van der Waals surface area contributed by atoms with Gasteiger partial charge in [0.05, 0.1) is 6.04 Å². The molecule has 0 unspecified atom stereocenters. The number of hydrogen-bond donors (Lipinski definition) is 3. The summed E-state index contributed by atoms with van der Waals surface area (Å²) in [6, 6.07) is -0.480. The van der Waals surface area contributed by atoms with Crippen LogP contribution in [0.1, 0.15) is 6.42 Å². The van der Waals surface area contributed by atoms with Gasteiger partial charge in [-0.2, -0.15) is 11.8 Å². The Morgan fingerprint density at radius 3 is 2.91 bits per heavy atom. The molecule has 0 aromatic carbocycles. The van der Waals surface area contributed by atoms with Crippen molar-refractivity contribution in [3.8, 4) is 0 Å². The topological polar surface area (TPSA) is 75.4 Å². The highest BCUT2D eigenvalue weighted by Gasteiger charge is 2.12. The number of hydrogen-bond acceptors (Lipinski definition) is 6. The minimum Gasteiger partial charge on any atom is -0.321 e. The lowest BCUT2D eigenvalue weighted by Crippen LogP contribution is -2.30. The fraction of sp³-hybridized carbons (Fsp3) is 0.800. The Labute approximate surface area is 74.4 Å². The monoisotopic (exact) mass is 196 g/mol. The molecule has 0 radical (unpaired) electrons. The van der Waals surface area contributed by atoms with Crippen molar-refractivity contribution in [2.24, 2.45) is 5.73 Å². The van der Waals surface area contributed by atoms with Crippen LogP contribution in [0.4, 0.5) is 0 Å². The van der Waals surface area contributed by atoms with Gasteiger partial charge in [-0.05, 0) is 18.4 Å². The molecule has 0 aromatic heterocycles. The zero-order valence-corrected chi connectivity index (χ0v) is 7.87. The molecular weight excluding hydrogens is 184 g/mol. The van der Waals surface area contributed by atoms with Crippen molar-refractivity contribution < 1.29 is 10.0 Å². The normalized spacial score (nSPS) is 13.0. The smallest absolute Gasteiger partial charge is 0.222 e. The second-order valence-corrected chi connectivity index (χ2v) is 3.68. The van der Waals surface area contributed by atoms with Crippen molar-refractivity contribution in [2.45, 2.75) is 12.5 Å². The number of carbonyl (C=O) groups is 1. The zero-order valence-electron chi connectivity index (χ0n) is 6.24. The van der Waals surface area contributed by atoms with E-state index in [1.165, 1.54) is 0 Å². The van der Waals surface area contributed by atoms with E-state index in [-0.39, 0.29) is 5.12 Å². The van der Waals surface area contributed by atoms with E-state index in [0.29, 0.717) is 18.4 Å². The Bertz CT molecular complexity index is 123. The van der Waals surface area contributed by atoms with Crippen molar-refractivity contribution in [1.29, 1.82) is 0 Å². The van der Waals surface area contributed by atoms with Crippen LogP contribution < -0.4 is 10.6 Å². The summed E-state index contributed by atoms with van der Waals surface area (Å²) in [5.41, 5.74) is 5.45. The van der Waals surface area contributed by atoms with Gasteiger partial charge in [-0.15, -0.1) is 4.89 Å². The SMILES string of the molecule is CSCC[C@H](N)C(=O)SNO. The highest BCUT2D eigenvalue weighted by molar-refractivity contribution is 8.12. The highest BCUT2D eigenvalue weighted by Crippen LogP contribution is 2.04. The first-order valence-corrected chi connectivity index (χ1v) is 5.27. The van der Waals surface area contributed by atoms with E-state index < -0.39 is 6.04 Å². The summed E-state index contributed by atoms with van der Waals surface area (Å²) in [6.07, 6.45) is 2.60. The Hall–Kier alpha value is 0.250. The van der Waals surface area contributed by atoms with Gasteiger partial charge in [0, 0.05) is 11.9 Å². The van der Waals surface area contributed by atoms with Crippen LogP contribution >= 0.6 is 23.7 Å². The van der Waals surface area contributed by atoms with Crippen molar-refractivity contribution in [2.75, 3.05) is 12.0 Å². The Kier molecular flexibility index (Phi) is 7.09. The van der Waals surface area contributed by atoms with Gasteiger partial charge in [-0.25, -0.2) is 0 Å². The summed E-state index contributed by atoms with van der Waals surface area (Å²) < 4.78 is 0. The summed E-state index contributed by atoms with van der Waals surface area (Å²) in [7, 11) is 0. The van der Waals surface area contributed by atoms with Crippen LogP contribution in [0, 0.1) is 0 Å². The van der Waals surface area contributed by atoms with E-state index in [1.54, 1.807) is 16.6 Å². The minimum absolute atomic E-state index is 0.235. The molecule has 4 N–H and O–H groups in total. The standard InChI is InChI=1S/C5H12N2O2S2/c1-10-3-2-4(6)5(8)11-7-9/h4,7,9H,2-3,6H2,1H3/t4-/m0/s1. The zero-order chi connectivity index (χ0) is 8.69. The predicted molar refractivity (Wildman–Crippen MR) is 48.5 cm³/mol. The first-order chi connectivity index (χ1) is 5.22. The average Bonchev–Trinajstić information content (AvgIpc) is 2.00. The van der Waals surface area contributed by atoms with Crippen LogP contribution in [-0.4, -0.2) is 28.4 Å². The predicted octanol–water partition coefficient (Wildman–Crippen LogP) is 0.220. The van der Waals surface area contributed by atoms with Gasteiger partial charge in [-0.1, -0.05) is 0 Å². The quantitative estimate of drug-likeness (QED) is 0.431. The lowest BCUT2D eigenvalue weighted by Gasteiger charge is -2.06. The summed E-state index contributed by atoms with van der Waals surface area (Å²) in [4.78, 5) is 12.6. The molecule has 0 aliphatic carbocycles. The molecule has 0 spiro atoms. The molecule has 0 amide bonds. The van der Waals surface area contributed by atoms with Crippen molar-refractivity contribution in [3.05, 3.63) is 0 Å². The van der Waals surface area contributed by atoms with E-state index in [0.717, 1.165) is 5.75 Å². The fourth-order valence-corrected chi connectivity index (χ4v) is 1.33. The van der Waals surface area contributed by atoms with Crippen LogP contribution in [-0.2, 0) is 4.79 Å². The van der Waals surface area contributed by atoms with Crippen molar-refractivity contribution >= 4 is 28.8 Å². The average molecular weight is 196 g/mol. The molecule has 0 fully saturated rings. The van der Waals surface area contributed by atoms with Crippen molar-refractivity contribution in [3.63, 3.8) is 0 Å². The molecule has 0 aliphatic rings. The molecule has 6 heteroatoms. The summed E-state index contributed by atoms with van der Waals surface area (Å²) in [5.74, 6) is 0.860. The molecule has 11 heavy (non-hydrogen) atoms. The number of nitrogens with two attached hydrogens (primary N) is 1. The van der Waals surface area contributed by atoms with Gasteiger partial charge in [0.25, 0.3) is 0 Å². The van der Waals surface area contributed by atoms with E-state index in [9.17, 15) is 4.79 Å². The van der Waals surface area contributed by atoms with Crippen LogP contribution in [0.5, 0.6) is 0 Å². The minimum atomic E-state index is -0.480. The second kappa shape index (κ2) is 6.93. The maximum Gasteiger partial charge on any atom is 0.222 e. The Morgan fingerprint density at radius 1 is 1.82 bits per heavy atom. The van der Waals surface area contributed by atoms with Crippen LogP contribution in [0.3, 0.4) is 0 Å². The van der Waals surface area contributed by atoms with Gasteiger partial charge < -0.3 is 10.9 Å². The molecule has 0 saturated heterocycles. The molecule has 4 nitrogen and oxygen atoms in total.